The van der Waals surface area contributed by atoms with Crippen LogP contribution in [-0.4, -0.2) is 21.2 Å². The second kappa shape index (κ2) is 2.60. The topological polar surface area (TPSA) is 86.9 Å². The molecule has 0 radical (unpaired) electrons. The Morgan fingerprint density at radius 2 is 2.25 bits per heavy atom. The molecule has 0 atom stereocenters. The number of hydrogen-bond donors (Lipinski definition) is 2. The van der Waals surface area contributed by atoms with Gasteiger partial charge in [-0.25, -0.2) is 4.68 Å². The standard InChI is InChI=1S/C7H12N4O/c1-7(2,9)6(12)11-4-5(8)3-10-11/h3-4H,8-9H2,1-2H3. The minimum absolute atomic E-state index is 0.279. The van der Waals surface area contributed by atoms with Gasteiger partial charge in [0.05, 0.1) is 23.6 Å². The maximum atomic E-state index is 11.4. The molecule has 66 valence electrons. The van der Waals surface area contributed by atoms with Gasteiger partial charge < -0.3 is 11.5 Å². The van der Waals surface area contributed by atoms with Crippen molar-refractivity contribution in [2.75, 3.05) is 5.73 Å². The van der Waals surface area contributed by atoms with E-state index in [-0.39, 0.29) is 5.91 Å². The van der Waals surface area contributed by atoms with Crippen LogP contribution in [0, 0.1) is 0 Å². The zero-order valence-electron chi connectivity index (χ0n) is 7.11. The number of nitrogen functional groups attached to an aromatic ring is 1. The van der Waals surface area contributed by atoms with Crippen LogP contribution in [0.2, 0.25) is 0 Å². The van der Waals surface area contributed by atoms with Crippen LogP contribution in [0.15, 0.2) is 12.4 Å². The highest BCUT2D eigenvalue weighted by atomic mass is 16.2. The number of carbonyl (C=O) groups excluding carboxylic acids is 1. The molecule has 0 spiro atoms. The second-order valence-corrected chi connectivity index (χ2v) is 3.25. The fraction of sp³-hybridized carbons (Fsp3) is 0.429. The molecule has 1 aromatic heterocycles. The summed E-state index contributed by atoms with van der Waals surface area (Å²) in [5, 5.41) is 3.74. The number of aromatic nitrogens is 2. The van der Waals surface area contributed by atoms with Crippen molar-refractivity contribution in [2.45, 2.75) is 19.4 Å². The Labute approximate surface area is 70.3 Å². The summed E-state index contributed by atoms with van der Waals surface area (Å²) in [6, 6.07) is 0. The molecule has 1 aromatic rings. The SMILES string of the molecule is CC(C)(N)C(=O)n1cc(N)cn1. The number of carbonyl (C=O) groups is 1. The van der Waals surface area contributed by atoms with E-state index >= 15 is 0 Å². The zero-order chi connectivity index (χ0) is 9.35. The van der Waals surface area contributed by atoms with Crippen LogP contribution >= 0.6 is 0 Å². The summed E-state index contributed by atoms with van der Waals surface area (Å²) < 4.78 is 1.15. The molecule has 0 fully saturated rings. The van der Waals surface area contributed by atoms with Crippen LogP contribution in [0.3, 0.4) is 0 Å². The Morgan fingerprint density at radius 3 is 2.58 bits per heavy atom. The van der Waals surface area contributed by atoms with Gasteiger partial charge in [-0.05, 0) is 13.8 Å². The third-order valence-corrected chi connectivity index (χ3v) is 1.36. The fourth-order valence-electron chi connectivity index (χ4n) is 0.743. The lowest BCUT2D eigenvalue weighted by Gasteiger charge is -2.15. The minimum atomic E-state index is -0.918. The van der Waals surface area contributed by atoms with Crippen LogP contribution in [0.4, 0.5) is 5.69 Å². The Hall–Kier alpha value is -1.36. The number of anilines is 1. The van der Waals surface area contributed by atoms with Gasteiger partial charge in [0.15, 0.2) is 0 Å². The molecule has 0 aliphatic carbocycles. The third kappa shape index (κ3) is 1.62. The molecule has 1 heterocycles. The van der Waals surface area contributed by atoms with Gasteiger partial charge in [0.25, 0.3) is 5.91 Å². The van der Waals surface area contributed by atoms with E-state index in [0.29, 0.717) is 5.69 Å². The number of rotatable bonds is 1. The summed E-state index contributed by atoms with van der Waals surface area (Å²) >= 11 is 0. The predicted octanol–water partition coefficient (Wildman–Crippen LogP) is -0.157. The maximum absolute atomic E-state index is 11.4. The minimum Gasteiger partial charge on any atom is -0.396 e. The van der Waals surface area contributed by atoms with Crippen LogP contribution < -0.4 is 11.5 Å². The van der Waals surface area contributed by atoms with Crippen molar-refractivity contribution in [3.8, 4) is 0 Å². The first-order valence-electron chi connectivity index (χ1n) is 3.55. The smallest absolute Gasteiger partial charge is 0.266 e. The molecule has 0 aromatic carbocycles. The van der Waals surface area contributed by atoms with Gasteiger partial charge in [-0.15, -0.1) is 0 Å². The molecule has 5 heteroatoms. The van der Waals surface area contributed by atoms with Crippen molar-refractivity contribution >= 4 is 11.6 Å². The van der Waals surface area contributed by atoms with Crippen LogP contribution in [-0.2, 0) is 0 Å². The monoisotopic (exact) mass is 168 g/mol. The molecule has 4 N–H and O–H groups in total. The second-order valence-electron chi connectivity index (χ2n) is 3.25. The summed E-state index contributed by atoms with van der Waals surface area (Å²) in [5.41, 5.74) is 10.5. The fourth-order valence-corrected chi connectivity index (χ4v) is 0.743. The molecular formula is C7H12N4O. The lowest BCUT2D eigenvalue weighted by atomic mass is 10.1. The van der Waals surface area contributed by atoms with E-state index in [1.165, 1.54) is 12.4 Å². The van der Waals surface area contributed by atoms with Crippen molar-refractivity contribution < 1.29 is 4.79 Å². The molecule has 0 saturated heterocycles. The predicted molar refractivity (Wildman–Crippen MR) is 45.5 cm³/mol. The van der Waals surface area contributed by atoms with Crippen molar-refractivity contribution in [1.82, 2.24) is 9.78 Å². The van der Waals surface area contributed by atoms with E-state index in [1.807, 2.05) is 0 Å². The van der Waals surface area contributed by atoms with Gasteiger partial charge in [-0.2, -0.15) is 5.10 Å². The average molecular weight is 168 g/mol. The number of nitrogens with two attached hydrogens (primary N) is 2. The van der Waals surface area contributed by atoms with Gasteiger partial charge in [-0.3, -0.25) is 4.79 Å². The van der Waals surface area contributed by atoms with Gasteiger partial charge in [0.1, 0.15) is 0 Å². The Kier molecular flexibility index (Phi) is 1.89. The largest absolute Gasteiger partial charge is 0.396 e. The van der Waals surface area contributed by atoms with Crippen LogP contribution in [0.25, 0.3) is 0 Å². The summed E-state index contributed by atoms with van der Waals surface area (Å²) in [4.78, 5) is 11.4. The Bertz CT molecular complexity index is 297. The molecular weight excluding hydrogens is 156 g/mol. The lowest BCUT2D eigenvalue weighted by molar-refractivity contribution is 0.0810. The highest BCUT2D eigenvalue weighted by molar-refractivity contribution is 5.87. The normalized spacial score (nSPS) is 11.6. The number of nitrogens with zero attached hydrogens (tertiary/aromatic N) is 2. The Morgan fingerprint density at radius 1 is 1.67 bits per heavy atom. The first-order valence-corrected chi connectivity index (χ1v) is 3.55. The van der Waals surface area contributed by atoms with Gasteiger partial charge in [0, 0.05) is 0 Å². The van der Waals surface area contributed by atoms with Gasteiger partial charge in [-0.1, -0.05) is 0 Å². The van der Waals surface area contributed by atoms with Gasteiger partial charge in [0.2, 0.25) is 0 Å². The van der Waals surface area contributed by atoms with E-state index in [2.05, 4.69) is 5.10 Å². The van der Waals surface area contributed by atoms with Crippen molar-refractivity contribution in [3.05, 3.63) is 12.4 Å². The lowest BCUT2D eigenvalue weighted by Crippen LogP contribution is -2.44. The van der Waals surface area contributed by atoms with E-state index in [4.69, 9.17) is 11.5 Å². The van der Waals surface area contributed by atoms with Gasteiger partial charge >= 0.3 is 0 Å². The molecule has 0 bridgehead atoms. The van der Waals surface area contributed by atoms with E-state index in [0.717, 1.165) is 4.68 Å². The number of hydrogen-bond acceptors (Lipinski definition) is 4. The molecule has 12 heavy (non-hydrogen) atoms. The average Bonchev–Trinajstić information content (AvgIpc) is 2.32. The molecule has 1 rings (SSSR count). The highest BCUT2D eigenvalue weighted by Crippen LogP contribution is 2.04. The third-order valence-electron chi connectivity index (χ3n) is 1.36. The van der Waals surface area contributed by atoms with Crippen LogP contribution in [0.5, 0.6) is 0 Å². The summed E-state index contributed by atoms with van der Waals surface area (Å²) in [7, 11) is 0. The molecule has 0 amide bonds. The first-order chi connectivity index (χ1) is 5.41. The quantitative estimate of drug-likeness (QED) is 0.610. The first kappa shape index (κ1) is 8.73. The molecule has 0 aliphatic rings. The zero-order valence-corrected chi connectivity index (χ0v) is 7.11. The summed E-state index contributed by atoms with van der Waals surface area (Å²) in [6.07, 6.45) is 2.85. The van der Waals surface area contributed by atoms with Crippen LogP contribution in [0.1, 0.15) is 18.6 Å². The molecule has 0 saturated carbocycles. The van der Waals surface area contributed by atoms with E-state index in [9.17, 15) is 4.79 Å². The van der Waals surface area contributed by atoms with Crippen molar-refractivity contribution in [2.24, 2.45) is 5.73 Å². The summed E-state index contributed by atoms with van der Waals surface area (Å²) in [5.74, 6) is -0.279. The maximum Gasteiger partial charge on any atom is 0.266 e. The van der Waals surface area contributed by atoms with Crippen molar-refractivity contribution in [1.29, 1.82) is 0 Å². The Balaban J connectivity index is 2.93. The van der Waals surface area contributed by atoms with E-state index in [1.54, 1.807) is 13.8 Å². The molecule has 0 unspecified atom stereocenters. The molecule has 5 nitrogen and oxygen atoms in total. The molecule has 0 aliphatic heterocycles. The summed E-state index contributed by atoms with van der Waals surface area (Å²) in [6.45, 7) is 3.24. The highest BCUT2D eigenvalue weighted by Gasteiger charge is 2.24. The van der Waals surface area contributed by atoms with E-state index < -0.39 is 5.54 Å². The van der Waals surface area contributed by atoms with Crippen molar-refractivity contribution in [3.63, 3.8) is 0 Å².